The molecule has 5 aromatic heterocycles. The molecule has 0 fully saturated rings. The molecule has 5 heterocycles. The van der Waals surface area contributed by atoms with Crippen LogP contribution in [0.3, 0.4) is 0 Å². The molecule has 0 aliphatic heterocycles. The second-order valence-electron chi connectivity index (χ2n) is 38.4. The van der Waals surface area contributed by atoms with Crippen LogP contribution in [0, 0.1) is 73.7 Å². The number of ether oxygens (including phenoxy) is 2. The summed E-state index contributed by atoms with van der Waals surface area (Å²) in [7, 11) is 0. The number of pyridine rings is 5. The first kappa shape index (κ1) is 99.6. The summed E-state index contributed by atoms with van der Waals surface area (Å²) in [6, 6.07) is 132. The van der Waals surface area contributed by atoms with Crippen molar-refractivity contribution in [2.24, 2.45) is 0 Å². The van der Waals surface area contributed by atoms with E-state index in [0.717, 1.165) is 135 Å². The number of halogens is 2. The standard InChI is InChI=1S/C48H46NO2.C43H38N2.C37H18F2N4.Ir.2Pt/c1-5-7-13-24-50-46-30-40-38-26-32(3)33(4)27-43(38)48(44(40)31-47(46)51-25-14-8-6-2)41-19-10-9-18-37(41)39-29-35(21-22-42(39)48)34-16-15-17-36(28-34)45-20-11-12-23-49-45;1-41(2,3)31-23-25-33-34-26-24-32(42(4,5)6)28-36(34)43(35(33)27-31,39-21-13-19-37(44-39)29-15-9-7-10-16-29)40-22-14-20-38(45-40)30-17-11-8-12-18-30;1-41-34-21-24(17-19-31(34)39)33-13-7-15-36(43-33)37(28-10-4-2-8-26(28)27-9-3-5-11-29(27)37)35-14-6-12-32(42-35)23-16-18-30(38)25(20-23)22-40;;;/h9-12,15-16,18-23,26-31H,5-8,13-14,24-25H2,1-4H3;7-15,17,19-28H,1-6H3;2-15,18-21H;;;/q-1;2*-2;;2*+2. The maximum absolute atomic E-state index is 14.2. The van der Waals surface area contributed by atoms with Crippen molar-refractivity contribution in [2.75, 3.05) is 13.2 Å². The summed E-state index contributed by atoms with van der Waals surface area (Å²) in [5, 5.41) is 9.42. The molecule has 4 aliphatic carbocycles. The zero-order valence-corrected chi connectivity index (χ0v) is 87.6. The molecule has 9 nitrogen and oxygen atoms in total. The Morgan fingerprint density at radius 3 is 1.27 bits per heavy atom. The molecule has 0 amide bonds. The molecule has 0 bridgehead atoms. The summed E-state index contributed by atoms with van der Waals surface area (Å²) >= 11 is 0. The van der Waals surface area contributed by atoms with Crippen LogP contribution >= 0.6 is 0 Å². The van der Waals surface area contributed by atoms with Gasteiger partial charge in [-0.3, -0.25) is 33.6 Å². The molecule has 1 spiro atoms. The smallest absolute Gasteiger partial charge is 0.490 e. The quantitative estimate of drug-likeness (QED) is 0.0548. The topological polar surface area (TPSA) is 111 Å². The van der Waals surface area contributed by atoms with Crippen LogP contribution in [0.2, 0.25) is 0 Å². The van der Waals surface area contributed by atoms with Gasteiger partial charge in [-0.25, -0.2) is 0 Å². The van der Waals surface area contributed by atoms with Crippen LogP contribution in [0.4, 0.5) is 14.5 Å². The fourth-order valence-electron chi connectivity index (χ4n) is 20.8. The first-order valence-corrected chi connectivity index (χ1v) is 47.9. The van der Waals surface area contributed by atoms with Crippen molar-refractivity contribution in [1.82, 2.24) is 24.9 Å². The summed E-state index contributed by atoms with van der Waals surface area (Å²) in [5.74, 6) is 0.432. The molecule has 14 heteroatoms. The van der Waals surface area contributed by atoms with Crippen molar-refractivity contribution in [2.45, 2.75) is 135 Å². The van der Waals surface area contributed by atoms with Crippen molar-refractivity contribution < 1.29 is 80.5 Å². The molecule has 18 aromatic rings. The Labute approximate surface area is 874 Å². The number of fused-ring (bicyclic) bond motifs is 16. The van der Waals surface area contributed by atoms with Gasteiger partial charge in [0, 0.05) is 37.7 Å². The maximum atomic E-state index is 14.2. The fourth-order valence-corrected chi connectivity index (χ4v) is 20.8. The van der Waals surface area contributed by atoms with Crippen molar-refractivity contribution >= 4 is 5.69 Å². The van der Waals surface area contributed by atoms with E-state index in [1.807, 2.05) is 128 Å². The number of aromatic nitrogens is 5. The first-order valence-electron chi connectivity index (χ1n) is 47.9. The van der Waals surface area contributed by atoms with Crippen LogP contribution in [0.25, 0.3) is 117 Å². The zero-order chi connectivity index (χ0) is 95.9. The van der Waals surface area contributed by atoms with E-state index in [9.17, 15) is 14.0 Å². The third-order valence-electron chi connectivity index (χ3n) is 27.8. The van der Waals surface area contributed by atoms with Gasteiger partial charge in [-0.15, -0.1) is 155 Å². The summed E-state index contributed by atoms with van der Waals surface area (Å²) in [6.45, 7) is 31.4. The normalized spacial score (nSPS) is 13.5. The molecule has 1 radical (unpaired) electrons. The van der Waals surface area contributed by atoms with Crippen LogP contribution in [0.15, 0.2) is 340 Å². The first-order chi connectivity index (χ1) is 67.6. The predicted molar refractivity (Wildman–Crippen MR) is 554 cm³/mol. The number of hydrogen-bond donors (Lipinski definition) is 0. The van der Waals surface area contributed by atoms with Gasteiger partial charge in [-0.2, -0.15) is 5.26 Å². The summed E-state index contributed by atoms with van der Waals surface area (Å²) in [6.07, 6.45) is 8.53. The van der Waals surface area contributed by atoms with Gasteiger partial charge in [0.25, 0.3) is 0 Å². The van der Waals surface area contributed by atoms with Gasteiger partial charge < -0.3 is 14.5 Å². The average molecular weight is 2390 g/mol. The molecule has 0 N–H and O–H groups in total. The van der Waals surface area contributed by atoms with E-state index in [4.69, 9.17) is 36.0 Å². The predicted octanol–water partition coefficient (Wildman–Crippen LogP) is 31.2. The minimum atomic E-state index is -0.958. The Morgan fingerprint density at radius 1 is 0.359 bits per heavy atom. The summed E-state index contributed by atoms with van der Waals surface area (Å²) < 4.78 is 41.5. The van der Waals surface area contributed by atoms with E-state index in [2.05, 4.69) is 297 Å². The monoisotopic (exact) mass is 2390 g/mol. The fraction of sp³-hybridized carbons (Fsp3) is 0.180. The minimum Gasteiger partial charge on any atom is -0.490 e. The number of nitrogens with zero attached hydrogens (tertiary/aromatic N) is 7. The molecule has 1 atom stereocenters. The van der Waals surface area contributed by atoms with E-state index in [-0.39, 0.29) is 84.3 Å². The SMILES string of the molecule is CC(C)(C)c1ccc2c(c1)C(c1cccc(-c3[c-]cccc3)n1)(c1cccc(-c3[c-]cccc3)n1)c1cc(C(C)(C)C)ccc1-2.CCCCCOc1cc2c(cc1OCCCCC)C1(c3ccccc3-c3cc(-c4cc[c-]c(-c5ccccn5)c4)ccc31)c1cc(C)c(C)cc1-2.[C-]#[N+]c1cc(-c2cccc(C3(c4cccc(-c5[c-]cc(F)c(C#N)c5)n4)c4ccccc4-c4ccccc43)n2)[c-]cc1F.[Ir].[Pt+2].[Pt+2]. The third-order valence-corrected chi connectivity index (χ3v) is 27.8. The van der Waals surface area contributed by atoms with Gasteiger partial charge in [0.05, 0.1) is 59.9 Å². The Bertz CT molecular complexity index is 7570. The third kappa shape index (κ3) is 18.1. The number of aryl methyl sites for hydroxylation is 2. The molecule has 22 rings (SSSR count). The average Bonchev–Trinajstić information content (AvgIpc) is 1.50. The number of rotatable bonds is 20. The van der Waals surface area contributed by atoms with Crippen molar-refractivity contribution in [3.05, 3.63) is 488 Å². The van der Waals surface area contributed by atoms with Crippen LogP contribution in [0.5, 0.6) is 11.5 Å². The zero-order valence-electron chi connectivity index (χ0n) is 80.7. The van der Waals surface area contributed by atoms with Gasteiger partial charge in [-0.05, 0) is 231 Å². The van der Waals surface area contributed by atoms with Gasteiger partial charge >= 0.3 is 42.1 Å². The largest absolute Gasteiger partial charge is 2.00 e. The summed E-state index contributed by atoms with van der Waals surface area (Å²) in [4.78, 5) is 29.1. The molecule has 4 aliphatic rings. The second kappa shape index (κ2) is 41.7. The van der Waals surface area contributed by atoms with E-state index >= 15 is 0 Å². The maximum Gasteiger partial charge on any atom is 2.00 e. The van der Waals surface area contributed by atoms with Gasteiger partial charge in [-0.1, -0.05) is 275 Å². The van der Waals surface area contributed by atoms with Crippen molar-refractivity contribution in [3.8, 4) is 129 Å². The van der Waals surface area contributed by atoms with Crippen LogP contribution in [-0.2, 0) is 89.3 Å². The van der Waals surface area contributed by atoms with Crippen LogP contribution in [0.1, 0.15) is 189 Å². The molecule has 0 saturated carbocycles. The van der Waals surface area contributed by atoms with Crippen LogP contribution in [-0.4, -0.2) is 38.1 Å². The summed E-state index contributed by atoms with van der Waals surface area (Å²) in [5.41, 5.74) is 35.3. The van der Waals surface area contributed by atoms with Crippen molar-refractivity contribution in [1.29, 1.82) is 5.26 Å². The Kier molecular flexibility index (Phi) is 29.3. The molecule has 13 aromatic carbocycles. The Morgan fingerprint density at radius 2 is 0.768 bits per heavy atom. The number of unbranched alkanes of at least 4 members (excludes halogenated alkanes) is 4. The van der Waals surface area contributed by atoms with E-state index in [1.54, 1.807) is 6.07 Å². The van der Waals surface area contributed by atoms with E-state index < -0.39 is 27.9 Å². The number of hydrogen-bond acceptors (Lipinski definition) is 8. The van der Waals surface area contributed by atoms with Crippen LogP contribution < -0.4 is 9.47 Å². The molecular formula is C128H102F2IrN7O2Pt2-. The Balaban J connectivity index is 0.000000146. The number of nitriles is 1. The van der Waals surface area contributed by atoms with E-state index in [0.29, 0.717) is 47.1 Å². The second-order valence-corrected chi connectivity index (χ2v) is 38.4. The van der Waals surface area contributed by atoms with Crippen molar-refractivity contribution in [3.63, 3.8) is 0 Å². The van der Waals surface area contributed by atoms with Gasteiger partial charge in [0.15, 0.2) is 11.5 Å². The number of benzene rings is 13. The minimum absolute atomic E-state index is 0. The molecule has 1 unspecified atom stereocenters. The Hall–Kier alpha value is -13.9. The van der Waals surface area contributed by atoms with Gasteiger partial charge in [0.1, 0.15) is 16.5 Å². The molecule has 0 saturated heterocycles. The molecule has 705 valence electrons. The van der Waals surface area contributed by atoms with Gasteiger partial charge in [0.2, 0.25) is 0 Å². The van der Waals surface area contributed by atoms with E-state index in [1.165, 1.54) is 107 Å². The molecule has 142 heavy (non-hydrogen) atoms. The molecular weight excluding hydrogens is 2290 g/mol.